The van der Waals surface area contributed by atoms with Gasteiger partial charge in [-0.05, 0) is 104 Å². The molecular formula is C32H35Cl2FN2. The summed E-state index contributed by atoms with van der Waals surface area (Å²) in [6.45, 7) is 3.53. The van der Waals surface area contributed by atoms with Gasteiger partial charge in [-0.1, -0.05) is 71.7 Å². The number of piperidine rings is 1. The molecule has 194 valence electrons. The second-order valence-corrected chi connectivity index (χ2v) is 12.3. The van der Waals surface area contributed by atoms with Crippen LogP contribution in [0.2, 0.25) is 10.0 Å². The molecule has 2 nitrogen and oxygen atoms in total. The van der Waals surface area contributed by atoms with Crippen LogP contribution in [-0.4, -0.2) is 41.5 Å². The van der Waals surface area contributed by atoms with Crippen molar-refractivity contribution in [2.75, 3.05) is 19.6 Å². The molecule has 0 amide bonds. The average Bonchev–Trinajstić information content (AvgIpc) is 3.49. The number of likely N-dealkylation sites (tertiary alicyclic amines) is 1. The highest BCUT2D eigenvalue weighted by Gasteiger charge is 2.51. The summed E-state index contributed by atoms with van der Waals surface area (Å²) in [5.41, 5.74) is 3.72. The maximum absolute atomic E-state index is 13.7. The molecule has 0 N–H and O–H groups in total. The first-order valence-corrected chi connectivity index (χ1v) is 14.5. The number of benzene rings is 3. The highest BCUT2D eigenvalue weighted by atomic mass is 35.5. The zero-order valence-electron chi connectivity index (χ0n) is 21.3. The summed E-state index contributed by atoms with van der Waals surface area (Å²) in [7, 11) is 0. The molecule has 3 fully saturated rings. The number of hydrogen-bond acceptors (Lipinski definition) is 2. The summed E-state index contributed by atoms with van der Waals surface area (Å²) in [6.07, 6.45) is 8.28. The van der Waals surface area contributed by atoms with E-state index in [2.05, 4.69) is 34.1 Å². The van der Waals surface area contributed by atoms with E-state index in [4.69, 9.17) is 23.2 Å². The molecule has 3 aromatic carbocycles. The molecule has 6 rings (SSSR count). The van der Waals surface area contributed by atoms with Gasteiger partial charge in [0.1, 0.15) is 5.82 Å². The van der Waals surface area contributed by atoms with Crippen molar-refractivity contribution in [1.82, 2.24) is 9.80 Å². The fourth-order valence-corrected chi connectivity index (χ4v) is 8.04. The molecule has 2 bridgehead atoms. The van der Waals surface area contributed by atoms with Gasteiger partial charge in [0.15, 0.2) is 0 Å². The largest absolute Gasteiger partial charge is 0.303 e. The van der Waals surface area contributed by atoms with Gasteiger partial charge in [0.2, 0.25) is 0 Å². The molecule has 2 atom stereocenters. The van der Waals surface area contributed by atoms with Crippen LogP contribution < -0.4 is 0 Å². The van der Waals surface area contributed by atoms with E-state index < -0.39 is 0 Å². The van der Waals surface area contributed by atoms with Crippen molar-refractivity contribution < 1.29 is 4.39 Å². The van der Waals surface area contributed by atoms with Gasteiger partial charge in [0, 0.05) is 28.7 Å². The third-order valence-corrected chi connectivity index (χ3v) is 9.65. The Morgan fingerprint density at radius 2 is 1.32 bits per heavy atom. The highest BCUT2D eigenvalue weighted by molar-refractivity contribution is 6.32. The van der Waals surface area contributed by atoms with E-state index in [0.717, 1.165) is 47.0 Å². The quantitative estimate of drug-likeness (QED) is 0.300. The number of rotatable bonds is 7. The second-order valence-electron chi connectivity index (χ2n) is 11.5. The van der Waals surface area contributed by atoms with Crippen LogP contribution in [0, 0.1) is 11.2 Å². The molecule has 3 aromatic rings. The maximum Gasteiger partial charge on any atom is 0.123 e. The number of fused-ring (bicyclic) bond motifs is 2. The molecule has 0 saturated carbocycles. The molecule has 0 unspecified atom stereocenters. The van der Waals surface area contributed by atoms with Gasteiger partial charge in [-0.2, -0.15) is 0 Å². The van der Waals surface area contributed by atoms with Crippen molar-refractivity contribution in [1.29, 1.82) is 0 Å². The molecule has 3 aliphatic heterocycles. The Morgan fingerprint density at radius 1 is 0.784 bits per heavy atom. The van der Waals surface area contributed by atoms with Crippen molar-refractivity contribution >= 4 is 23.2 Å². The van der Waals surface area contributed by atoms with Crippen LogP contribution in [0.4, 0.5) is 4.39 Å². The van der Waals surface area contributed by atoms with Crippen molar-refractivity contribution in [2.45, 2.75) is 63.1 Å². The summed E-state index contributed by atoms with van der Waals surface area (Å²) in [5, 5.41) is 1.60. The Morgan fingerprint density at radius 3 is 1.86 bits per heavy atom. The molecule has 0 aliphatic carbocycles. The zero-order chi connectivity index (χ0) is 25.4. The fraction of sp³-hybridized carbons (Fsp3) is 0.438. The first kappa shape index (κ1) is 25.4. The minimum absolute atomic E-state index is 0.0375. The van der Waals surface area contributed by atoms with Crippen LogP contribution in [0.25, 0.3) is 0 Å². The van der Waals surface area contributed by atoms with Crippen LogP contribution in [0.3, 0.4) is 0 Å². The molecule has 0 radical (unpaired) electrons. The maximum atomic E-state index is 13.7. The van der Waals surface area contributed by atoms with Gasteiger partial charge in [-0.3, -0.25) is 4.90 Å². The van der Waals surface area contributed by atoms with Crippen LogP contribution in [0.15, 0.2) is 72.8 Å². The first-order valence-electron chi connectivity index (χ1n) is 13.7. The van der Waals surface area contributed by atoms with Crippen molar-refractivity contribution in [3.8, 4) is 0 Å². The van der Waals surface area contributed by atoms with Crippen LogP contribution in [0.1, 0.15) is 61.3 Å². The lowest BCUT2D eigenvalue weighted by molar-refractivity contribution is 0.00340. The molecule has 0 spiro atoms. The van der Waals surface area contributed by atoms with Gasteiger partial charge in [0.25, 0.3) is 0 Å². The normalized spacial score (nSPS) is 26.3. The minimum atomic E-state index is -0.158. The Kier molecular flexibility index (Phi) is 7.33. The fourth-order valence-electron chi connectivity index (χ4n) is 7.56. The van der Waals surface area contributed by atoms with Crippen molar-refractivity contribution in [2.24, 2.45) is 5.41 Å². The predicted molar refractivity (Wildman–Crippen MR) is 151 cm³/mol. The molecule has 0 aromatic heterocycles. The highest BCUT2D eigenvalue weighted by Crippen LogP contribution is 2.53. The number of halogens is 3. The Balaban J connectivity index is 1.36. The number of nitrogens with zero attached hydrogens (tertiary/aromatic N) is 2. The average molecular weight is 538 g/mol. The lowest BCUT2D eigenvalue weighted by Crippen LogP contribution is -2.53. The van der Waals surface area contributed by atoms with Crippen molar-refractivity contribution in [3.05, 3.63) is 105 Å². The molecule has 3 aliphatic rings. The van der Waals surface area contributed by atoms with E-state index in [1.807, 2.05) is 36.4 Å². The number of hydrogen-bond donors (Lipinski definition) is 0. The van der Waals surface area contributed by atoms with Crippen LogP contribution >= 0.6 is 23.2 Å². The monoisotopic (exact) mass is 536 g/mol. The molecule has 3 saturated heterocycles. The minimum Gasteiger partial charge on any atom is -0.303 e. The van der Waals surface area contributed by atoms with Gasteiger partial charge < -0.3 is 4.90 Å². The lowest BCUT2D eigenvalue weighted by Gasteiger charge is -2.51. The third-order valence-electron chi connectivity index (χ3n) is 8.96. The second kappa shape index (κ2) is 10.7. The van der Waals surface area contributed by atoms with Gasteiger partial charge in [0.05, 0.1) is 6.04 Å². The third kappa shape index (κ3) is 5.21. The Hall–Kier alpha value is -1.91. The molecular weight excluding hydrogens is 502 g/mol. The van der Waals surface area contributed by atoms with Crippen molar-refractivity contribution in [3.63, 3.8) is 0 Å². The van der Waals surface area contributed by atoms with Gasteiger partial charge >= 0.3 is 0 Å². The Labute approximate surface area is 230 Å². The summed E-state index contributed by atoms with van der Waals surface area (Å²) in [4.78, 5) is 5.42. The lowest BCUT2D eigenvalue weighted by atomic mass is 9.69. The van der Waals surface area contributed by atoms with E-state index in [0.29, 0.717) is 12.1 Å². The van der Waals surface area contributed by atoms with E-state index in [9.17, 15) is 4.39 Å². The standard InChI is InChI=1S/C32H35Cl2FN2/c33-29-9-3-1-7-27(29)31(28-8-2-4-10-30(28)34)37-25-15-16-26(37)21-32(20-25,22-36-17-5-6-18-36)19-23-11-13-24(35)14-12-23/h1-4,7-14,25-26,31H,5-6,15-22H2/t25-,26-/m0/s1. The van der Waals surface area contributed by atoms with E-state index in [1.165, 1.54) is 44.3 Å². The van der Waals surface area contributed by atoms with Crippen LogP contribution in [-0.2, 0) is 6.42 Å². The molecule has 37 heavy (non-hydrogen) atoms. The molecule has 3 heterocycles. The molecule has 5 heteroatoms. The SMILES string of the molecule is Fc1ccc(CC2(CN3CCCC3)C[C@@H]3CC[C@@H](C2)N3C(c2ccccc2Cl)c2ccccc2Cl)cc1. The summed E-state index contributed by atoms with van der Waals surface area (Å²) in [5.74, 6) is -0.158. The smallest absolute Gasteiger partial charge is 0.123 e. The first-order chi connectivity index (χ1) is 18.0. The van der Waals surface area contributed by atoms with Gasteiger partial charge in [-0.15, -0.1) is 0 Å². The summed E-state index contributed by atoms with van der Waals surface area (Å²) >= 11 is 13.7. The Bertz CT molecular complexity index is 1160. The predicted octanol–water partition coefficient (Wildman–Crippen LogP) is 8.17. The van der Waals surface area contributed by atoms with E-state index in [1.54, 1.807) is 12.1 Å². The topological polar surface area (TPSA) is 6.48 Å². The van der Waals surface area contributed by atoms with E-state index in [-0.39, 0.29) is 17.3 Å². The van der Waals surface area contributed by atoms with E-state index >= 15 is 0 Å². The zero-order valence-corrected chi connectivity index (χ0v) is 22.8. The summed E-state index contributed by atoms with van der Waals surface area (Å²) in [6, 6.07) is 24.7. The van der Waals surface area contributed by atoms with Crippen LogP contribution in [0.5, 0.6) is 0 Å². The van der Waals surface area contributed by atoms with Gasteiger partial charge in [-0.25, -0.2) is 4.39 Å². The summed E-state index contributed by atoms with van der Waals surface area (Å²) < 4.78 is 13.7.